The summed E-state index contributed by atoms with van der Waals surface area (Å²) in [6, 6.07) is 8.30. The Hall–Kier alpha value is -0.860. The molecule has 0 radical (unpaired) electrons. The van der Waals surface area contributed by atoms with Crippen LogP contribution in [0, 0.1) is 0 Å². The summed E-state index contributed by atoms with van der Waals surface area (Å²) in [4.78, 5) is 0. The first-order valence-corrected chi connectivity index (χ1v) is 7.54. The second kappa shape index (κ2) is 7.66. The molecule has 108 valence electrons. The Balaban J connectivity index is 2.92. The Morgan fingerprint density at radius 3 is 2.05 bits per heavy atom. The Kier molecular flexibility index (Phi) is 6.53. The zero-order valence-electron chi connectivity index (χ0n) is 12.8. The maximum Gasteiger partial charge on any atom is 0.108 e. The van der Waals surface area contributed by atoms with Gasteiger partial charge in [-0.1, -0.05) is 51.5 Å². The number of aliphatic hydroxyl groups is 1. The molecule has 0 saturated carbocycles. The first kappa shape index (κ1) is 16.2. The van der Waals surface area contributed by atoms with Gasteiger partial charge in [-0.25, -0.2) is 0 Å². The van der Waals surface area contributed by atoms with E-state index in [-0.39, 0.29) is 0 Å². The van der Waals surface area contributed by atoms with Crippen molar-refractivity contribution in [3.05, 3.63) is 35.4 Å². The fraction of sp³-hybridized carbons (Fsp3) is 0.647. The van der Waals surface area contributed by atoms with Crippen molar-refractivity contribution in [3.8, 4) is 0 Å². The van der Waals surface area contributed by atoms with E-state index in [1.165, 1.54) is 5.56 Å². The summed E-state index contributed by atoms with van der Waals surface area (Å²) < 4.78 is 5.87. The average molecular weight is 264 g/mol. The molecule has 0 aromatic heterocycles. The maximum absolute atomic E-state index is 10.7. The van der Waals surface area contributed by atoms with Crippen LogP contribution in [0.1, 0.15) is 64.2 Å². The Bertz CT molecular complexity index is 352. The second-order valence-electron chi connectivity index (χ2n) is 5.10. The van der Waals surface area contributed by atoms with Crippen molar-refractivity contribution in [2.24, 2.45) is 0 Å². The van der Waals surface area contributed by atoms with Crippen molar-refractivity contribution in [1.82, 2.24) is 0 Å². The number of aryl methyl sites for hydroxylation is 1. The minimum Gasteiger partial charge on any atom is -0.385 e. The van der Waals surface area contributed by atoms with Crippen molar-refractivity contribution >= 4 is 0 Å². The lowest BCUT2D eigenvalue weighted by Gasteiger charge is -2.36. The third kappa shape index (κ3) is 3.80. The van der Waals surface area contributed by atoms with Crippen LogP contribution in [0.15, 0.2) is 24.3 Å². The zero-order valence-corrected chi connectivity index (χ0v) is 12.8. The summed E-state index contributed by atoms with van der Waals surface area (Å²) in [7, 11) is 0. The predicted molar refractivity (Wildman–Crippen MR) is 80.3 cm³/mol. The fourth-order valence-electron chi connectivity index (χ4n) is 2.67. The van der Waals surface area contributed by atoms with Gasteiger partial charge in [-0.3, -0.25) is 0 Å². The number of ether oxygens (including phenoxy) is 1. The molecule has 0 heterocycles. The largest absolute Gasteiger partial charge is 0.385 e. The van der Waals surface area contributed by atoms with Crippen LogP contribution in [0.3, 0.4) is 0 Å². The number of rotatable bonds is 8. The van der Waals surface area contributed by atoms with Crippen LogP contribution in [0.5, 0.6) is 0 Å². The van der Waals surface area contributed by atoms with E-state index < -0.39 is 11.7 Å². The molecule has 1 aromatic rings. The molecule has 0 aliphatic carbocycles. The first-order valence-electron chi connectivity index (χ1n) is 7.54. The molecule has 0 spiro atoms. The molecular weight excluding hydrogens is 236 g/mol. The van der Waals surface area contributed by atoms with E-state index in [1.54, 1.807) is 0 Å². The second-order valence-corrected chi connectivity index (χ2v) is 5.10. The van der Waals surface area contributed by atoms with Crippen LogP contribution in [0.4, 0.5) is 0 Å². The molecule has 0 aliphatic rings. The van der Waals surface area contributed by atoms with Gasteiger partial charge < -0.3 is 9.84 Å². The van der Waals surface area contributed by atoms with Crippen molar-refractivity contribution in [2.45, 2.75) is 65.1 Å². The van der Waals surface area contributed by atoms with Gasteiger partial charge in [-0.05, 0) is 37.3 Å². The van der Waals surface area contributed by atoms with Gasteiger partial charge >= 0.3 is 0 Å². The van der Waals surface area contributed by atoms with Gasteiger partial charge in [0.15, 0.2) is 0 Å². The summed E-state index contributed by atoms with van der Waals surface area (Å²) in [5, 5.41) is 10.7. The molecule has 1 aromatic carbocycles. The highest BCUT2D eigenvalue weighted by molar-refractivity contribution is 5.26. The van der Waals surface area contributed by atoms with E-state index in [0.29, 0.717) is 6.61 Å². The van der Waals surface area contributed by atoms with E-state index in [0.717, 1.165) is 31.2 Å². The summed E-state index contributed by atoms with van der Waals surface area (Å²) in [6.45, 7) is 8.95. The van der Waals surface area contributed by atoms with Gasteiger partial charge in [0.05, 0.1) is 5.60 Å². The topological polar surface area (TPSA) is 29.5 Å². The van der Waals surface area contributed by atoms with E-state index in [4.69, 9.17) is 4.74 Å². The van der Waals surface area contributed by atoms with E-state index in [9.17, 15) is 5.11 Å². The summed E-state index contributed by atoms with van der Waals surface area (Å²) in [6.07, 6.45) is 3.31. The lowest BCUT2D eigenvalue weighted by molar-refractivity contribution is -0.127. The molecule has 1 atom stereocenters. The molecule has 0 saturated heterocycles. The normalized spacial score (nSPS) is 13.5. The molecule has 2 nitrogen and oxygen atoms in total. The van der Waals surface area contributed by atoms with Gasteiger partial charge in [-0.2, -0.15) is 0 Å². The maximum atomic E-state index is 10.7. The van der Waals surface area contributed by atoms with Crippen LogP contribution in [-0.2, 0) is 11.2 Å². The third-order valence-electron chi connectivity index (χ3n) is 3.96. The predicted octanol–water partition coefficient (Wildman–Crippen LogP) is 4.27. The first-order chi connectivity index (χ1) is 9.13. The van der Waals surface area contributed by atoms with Crippen LogP contribution in [0.25, 0.3) is 0 Å². The average Bonchev–Trinajstić information content (AvgIpc) is 2.45. The molecule has 19 heavy (non-hydrogen) atoms. The minimum absolute atomic E-state index is 0.457. The van der Waals surface area contributed by atoms with Crippen LogP contribution in [-0.4, -0.2) is 17.3 Å². The molecule has 0 aliphatic heterocycles. The summed E-state index contributed by atoms with van der Waals surface area (Å²) in [5.41, 5.74) is 1.83. The van der Waals surface area contributed by atoms with Crippen molar-refractivity contribution < 1.29 is 9.84 Å². The Labute approximate surface area is 117 Å². The SMILES string of the molecule is CCCc1ccc(C(O)C(CC)(CC)OCC)cc1. The molecule has 0 amide bonds. The van der Waals surface area contributed by atoms with Gasteiger partial charge in [0.25, 0.3) is 0 Å². The molecule has 0 bridgehead atoms. The molecule has 0 fully saturated rings. The quantitative estimate of drug-likeness (QED) is 0.760. The zero-order chi connectivity index (χ0) is 14.3. The van der Waals surface area contributed by atoms with Gasteiger partial charge in [0, 0.05) is 6.61 Å². The van der Waals surface area contributed by atoms with Gasteiger partial charge in [0.1, 0.15) is 6.10 Å². The standard InChI is InChI=1S/C17H28O2/c1-5-9-14-10-12-15(13-11-14)16(18)17(6-2,7-3)19-8-4/h10-13,16,18H,5-9H2,1-4H3. The van der Waals surface area contributed by atoms with Crippen LogP contribution < -0.4 is 0 Å². The number of benzene rings is 1. The molecule has 1 rings (SSSR count). The van der Waals surface area contributed by atoms with Crippen molar-refractivity contribution in [3.63, 3.8) is 0 Å². The highest BCUT2D eigenvalue weighted by atomic mass is 16.5. The van der Waals surface area contributed by atoms with E-state index in [2.05, 4.69) is 32.9 Å². The van der Waals surface area contributed by atoms with E-state index in [1.807, 2.05) is 19.1 Å². The van der Waals surface area contributed by atoms with Crippen LogP contribution >= 0.6 is 0 Å². The Morgan fingerprint density at radius 1 is 1.05 bits per heavy atom. The molecule has 1 unspecified atom stereocenters. The Morgan fingerprint density at radius 2 is 1.63 bits per heavy atom. The lowest BCUT2D eigenvalue weighted by atomic mass is 9.85. The number of aliphatic hydroxyl groups excluding tert-OH is 1. The summed E-state index contributed by atoms with van der Waals surface area (Å²) >= 11 is 0. The highest BCUT2D eigenvalue weighted by Gasteiger charge is 2.36. The third-order valence-corrected chi connectivity index (χ3v) is 3.96. The molecule has 1 N–H and O–H groups in total. The number of hydrogen-bond acceptors (Lipinski definition) is 2. The molecular formula is C17H28O2. The van der Waals surface area contributed by atoms with Crippen molar-refractivity contribution in [1.29, 1.82) is 0 Å². The van der Waals surface area contributed by atoms with Crippen LogP contribution in [0.2, 0.25) is 0 Å². The number of hydrogen-bond donors (Lipinski definition) is 1. The van der Waals surface area contributed by atoms with E-state index >= 15 is 0 Å². The lowest BCUT2D eigenvalue weighted by Crippen LogP contribution is -2.38. The smallest absolute Gasteiger partial charge is 0.108 e. The highest BCUT2D eigenvalue weighted by Crippen LogP contribution is 2.35. The molecule has 2 heteroatoms. The minimum atomic E-state index is -0.557. The van der Waals surface area contributed by atoms with Crippen molar-refractivity contribution in [2.75, 3.05) is 6.61 Å². The van der Waals surface area contributed by atoms with Gasteiger partial charge in [-0.15, -0.1) is 0 Å². The fourth-order valence-corrected chi connectivity index (χ4v) is 2.67. The van der Waals surface area contributed by atoms with Gasteiger partial charge in [0.2, 0.25) is 0 Å². The monoisotopic (exact) mass is 264 g/mol. The summed E-state index contributed by atoms with van der Waals surface area (Å²) in [5.74, 6) is 0.